The van der Waals surface area contributed by atoms with E-state index in [0.717, 1.165) is 22.4 Å². The number of rotatable bonds is 10. The van der Waals surface area contributed by atoms with Crippen LogP contribution in [0.2, 0.25) is 0 Å². The minimum Gasteiger partial charge on any atom is -0.473 e. The second-order valence-electron chi connectivity index (χ2n) is 6.32. The number of hydrogen-bond donors (Lipinski definition) is 0. The highest BCUT2D eigenvalue weighted by Crippen LogP contribution is 2.23. The van der Waals surface area contributed by atoms with Gasteiger partial charge in [0.05, 0.1) is 12.8 Å². The molecule has 1 unspecified atom stereocenters. The predicted octanol–water partition coefficient (Wildman–Crippen LogP) is 3.48. The number of carbonyl (C=O) groups is 1. The maximum absolute atomic E-state index is 12.1. The minimum atomic E-state index is -1.05. The first-order chi connectivity index (χ1) is 14.0. The first kappa shape index (κ1) is 22.4. The van der Waals surface area contributed by atoms with Crippen LogP contribution in [0.1, 0.15) is 23.6 Å². The molecule has 2 aromatic rings. The summed E-state index contributed by atoms with van der Waals surface area (Å²) in [5.74, 6) is -0.0736. The van der Waals surface area contributed by atoms with Gasteiger partial charge in [0.25, 0.3) is 0 Å². The van der Waals surface area contributed by atoms with Crippen LogP contribution in [0.15, 0.2) is 53.7 Å². The van der Waals surface area contributed by atoms with Gasteiger partial charge in [0.2, 0.25) is 12.4 Å². The zero-order valence-corrected chi connectivity index (χ0v) is 17.4. The van der Waals surface area contributed by atoms with Gasteiger partial charge in [0.15, 0.2) is 0 Å². The molecule has 0 saturated carbocycles. The first-order valence-corrected chi connectivity index (χ1v) is 9.11. The van der Waals surface area contributed by atoms with Gasteiger partial charge in [-0.1, -0.05) is 35.5 Å². The molecule has 0 heterocycles. The van der Waals surface area contributed by atoms with Crippen molar-refractivity contribution in [2.24, 2.45) is 5.16 Å². The fraction of sp³-hybridized carbons (Fsp3) is 0.364. The Morgan fingerprint density at radius 1 is 1.03 bits per heavy atom. The highest BCUT2D eigenvalue weighted by Gasteiger charge is 2.32. The lowest BCUT2D eigenvalue weighted by atomic mass is 10.1. The van der Waals surface area contributed by atoms with E-state index in [1.54, 1.807) is 6.07 Å². The van der Waals surface area contributed by atoms with Crippen LogP contribution in [-0.4, -0.2) is 45.4 Å². The Labute approximate surface area is 171 Å². The second kappa shape index (κ2) is 11.2. The molecule has 7 heteroatoms. The Morgan fingerprint density at radius 3 is 2.31 bits per heavy atom. The number of aryl methyl sites for hydroxylation is 1. The van der Waals surface area contributed by atoms with Gasteiger partial charge in [0.1, 0.15) is 12.4 Å². The third-order valence-electron chi connectivity index (χ3n) is 4.27. The summed E-state index contributed by atoms with van der Waals surface area (Å²) in [6.45, 7) is 4.14. The van der Waals surface area contributed by atoms with E-state index < -0.39 is 18.4 Å². The van der Waals surface area contributed by atoms with E-state index in [-0.39, 0.29) is 0 Å². The molecule has 29 heavy (non-hydrogen) atoms. The number of hydrogen-bond acceptors (Lipinski definition) is 7. The van der Waals surface area contributed by atoms with Crippen LogP contribution in [0.25, 0.3) is 0 Å². The Morgan fingerprint density at radius 2 is 1.72 bits per heavy atom. The Balaban J connectivity index is 2.09. The van der Waals surface area contributed by atoms with Gasteiger partial charge < -0.3 is 23.8 Å². The van der Waals surface area contributed by atoms with Crippen molar-refractivity contribution in [2.75, 3.05) is 21.3 Å². The molecule has 0 bridgehead atoms. The monoisotopic (exact) mass is 401 g/mol. The summed E-state index contributed by atoms with van der Waals surface area (Å²) < 4.78 is 20.9. The normalized spacial score (nSPS) is 12.6. The van der Waals surface area contributed by atoms with Crippen LogP contribution in [-0.2, 0) is 30.4 Å². The zero-order chi connectivity index (χ0) is 21.2. The molecule has 0 N–H and O–H groups in total. The summed E-state index contributed by atoms with van der Waals surface area (Å²) in [6, 6.07) is 15.3. The smallest absolute Gasteiger partial charge is 0.352 e. The van der Waals surface area contributed by atoms with Crippen molar-refractivity contribution in [3.8, 4) is 5.75 Å². The predicted molar refractivity (Wildman–Crippen MR) is 109 cm³/mol. The molecule has 0 radical (unpaired) electrons. The summed E-state index contributed by atoms with van der Waals surface area (Å²) in [5.41, 5.74) is 3.47. The third-order valence-corrected chi connectivity index (χ3v) is 4.27. The SMILES string of the molecule is COC(=O)C(Oc1ccc(/C(C)=N/OCc2ccccc2)cc1C)C(OC)OC. The quantitative estimate of drug-likeness (QED) is 0.263. The molecule has 2 aromatic carbocycles. The molecule has 0 aliphatic rings. The number of methoxy groups -OCH3 is 3. The van der Waals surface area contributed by atoms with Gasteiger partial charge in [-0.3, -0.25) is 0 Å². The van der Waals surface area contributed by atoms with Crippen molar-refractivity contribution in [3.63, 3.8) is 0 Å². The Kier molecular flexibility index (Phi) is 8.64. The standard InChI is InChI=1S/C22H27NO6/c1-15-13-18(16(2)23-28-14-17-9-7-6-8-10-17)11-12-19(15)29-20(21(24)25-3)22(26-4)27-5/h6-13,20,22H,14H2,1-5H3/b23-16+. The van der Waals surface area contributed by atoms with E-state index in [4.69, 9.17) is 23.8 Å². The van der Waals surface area contributed by atoms with Crippen LogP contribution in [0.5, 0.6) is 5.75 Å². The molecule has 0 aromatic heterocycles. The van der Waals surface area contributed by atoms with Crippen LogP contribution in [0.3, 0.4) is 0 Å². The maximum Gasteiger partial charge on any atom is 0.352 e. The molecule has 2 rings (SSSR count). The van der Waals surface area contributed by atoms with Crippen LogP contribution in [0, 0.1) is 6.92 Å². The number of nitrogens with zero attached hydrogens (tertiary/aromatic N) is 1. The lowest BCUT2D eigenvalue weighted by Gasteiger charge is -2.24. The molecule has 0 fully saturated rings. The Bertz CT molecular complexity index is 817. The van der Waals surface area contributed by atoms with Crippen molar-refractivity contribution < 1.29 is 28.6 Å². The van der Waals surface area contributed by atoms with Gasteiger partial charge >= 0.3 is 5.97 Å². The summed E-state index contributed by atoms with van der Waals surface area (Å²) >= 11 is 0. The lowest BCUT2D eigenvalue weighted by Crippen LogP contribution is -2.42. The van der Waals surface area contributed by atoms with Crippen LogP contribution >= 0.6 is 0 Å². The minimum absolute atomic E-state index is 0.397. The van der Waals surface area contributed by atoms with E-state index >= 15 is 0 Å². The topological polar surface area (TPSA) is 75.6 Å². The number of benzene rings is 2. The van der Waals surface area contributed by atoms with Gasteiger partial charge in [-0.25, -0.2) is 4.79 Å². The average molecular weight is 401 g/mol. The van der Waals surface area contributed by atoms with E-state index in [2.05, 4.69) is 5.16 Å². The van der Waals surface area contributed by atoms with Gasteiger partial charge in [-0.2, -0.15) is 0 Å². The maximum atomic E-state index is 12.1. The van der Waals surface area contributed by atoms with E-state index in [1.807, 2.05) is 56.3 Å². The number of ether oxygens (including phenoxy) is 4. The lowest BCUT2D eigenvalue weighted by molar-refractivity contribution is -0.185. The largest absolute Gasteiger partial charge is 0.473 e. The second-order valence-corrected chi connectivity index (χ2v) is 6.32. The van der Waals surface area contributed by atoms with Crippen molar-refractivity contribution in [2.45, 2.75) is 32.8 Å². The summed E-state index contributed by atoms with van der Waals surface area (Å²) in [7, 11) is 4.14. The third kappa shape index (κ3) is 6.30. The van der Waals surface area contributed by atoms with Crippen molar-refractivity contribution >= 4 is 11.7 Å². The molecule has 7 nitrogen and oxygen atoms in total. The molecule has 0 saturated heterocycles. The molecule has 0 amide bonds. The molecule has 0 aliphatic carbocycles. The van der Waals surface area contributed by atoms with E-state index in [0.29, 0.717) is 12.4 Å². The Hall–Kier alpha value is -2.90. The summed E-state index contributed by atoms with van der Waals surface area (Å²) in [5, 5.41) is 4.18. The fourth-order valence-corrected chi connectivity index (χ4v) is 2.65. The highest BCUT2D eigenvalue weighted by molar-refractivity contribution is 5.98. The zero-order valence-electron chi connectivity index (χ0n) is 17.4. The van der Waals surface area contributed by atoms with Crippen LogP contribution in [0.4, 0.5) is 0 Å². The van der Waals surface area contributed by atoms with E-state index in [1.165, 1.54) is 21.3 Å². The molecule has 1 atom stereocenters. The van der Waals surface area contributed by atoms with Gasteiger partial charge in [0, 0.05) is 14.2 Å². The number of carbonyl (C=O) groups excluding carboxylic acids is 1. The molecule has 0 spiro atoms. The van der Waals surface area contributed by atoms with Gasteiger partial charge in [-0.15, -0.1) is 0 Å². The molecular weight excluding hydrogens is 374 g/mol. The highest BCUT2D eigenvalue weighted by atomic mass is 16.7. The van der Waals surface area contributed by atoms with Crippen LogP contribution < -0.4 is 4.74 Å². The molecular formula is C22H27NO6. The van der Waals surface area contributed by atoms with Crippen molar-refractivity contribution in [1.29, 1.82) is 0 Å². The summed E-state index contributed by atoms with van der Waals surface area (Å²) in [4.78, 5) is 17.5. The average Bonchev–Trinajstić information content (AvgIpc) is 2.75. The van der Waals surface area contributed by atoms with E-state index in [9.17, 15) is 4.79 Å². The number of esters is 1. The fourth-order valence-electron chi connectivity index (χ4n) is 2.65. The molecule has 0 aliphatic heterocycles. The molecule has 156 valence electrons. The summed E-state index contributed by atoms with van der Waals surface area (Å²) in [6.07, 6.45) is -1.94. The van der Waals surface area contributed by atoms with Crippen molar-refractivity contribution in [3.05, 3.63) is 65.2 Å². The van der Waals surface area contributed by atoms with Gasteiger partial charge in [-0.05, 0) is 48.7 Å². The number of oxime groups is 1. The van der Waals surface area contributed by atoms with Crippen molar-refractivity contribution in [1.82, 2.24) is 0 Å². The first-order valence-electron chi connectivity index (χ1n) is 9.11.